The van der Waals surface area contributed by atoms with Gasteiger partial charge in [0.15, 0.2) is 12.4 Å². The fourth-order valence-electron chi connectivity index (χ4n) is 3.66. The summed E-state index contributed by atoms with van der Waals surface area (Å²) in [6, 6.07) is 14.3. The molecule has 4 rings (SSSR count). The van der Waals surface area contributed by atoms with Crippen LogP contribution in [0.3, 0.4) is 0 Å². The standard InChI is InChI=1S/C24H24Cl2N4O4/c1-32-17-4-7-21(33-2)18(14-17)20-6-8-23(28-27-20)29-9-11-30(12-10-29)24(31)15-34-22-13-16(25)3-5-19(22)26/h3-8,13-14H,9-12,15H2,1-2H3. The van der Waals surface area contributed by atoms with Crippen molar-refractivity contribution in [3.05, 3.63) is 58.6 Å². The molecule has 178 valence electrons. The number of hydrogen-bond donors (Lipinski definition) is 0. The van der Waals surface area contributed by atoms with Crippen molar-refractivity contribution in [3.63, 3.8) is 0 Å². The average Bonchev–Trinajstić information content (AvgIpc) is 2.88. The lowest BCUT2D eigenvalue weighted by Crippen LogP contribution is -2.50. The Bertz CT molecular complexity index is 1150. The van der Waals surface area contributed by atoms with Crippen LogP contribution in [-0.4, -0.2) is 68.0 Å². The number of ether oxygens (including phenoxy) is 3. The van der Waals surface area contributed by atoms with Gasteiger partial charge in [0, 0.05) is 42.8 Å². The number of carbonyl (C=O) groups is 1. The van der Waals surface area contributed by atoms with Gasteiger partial charge < -0.3 is 24.0 Å². The molecule has 0 atom stereocenters. The Kier molecular flexibility index (Phi) is 7.59. The molecule has 0 radical (unpaired) electrons. The van der Waals surface area contributed by atoms with E-state index in [0.717, 1.165) is 11.4 Å². The Morgan fingerprint density at radius 2 is 1.71 bits per heavy atom. The Hall–Kier alpha value is -3.23. The third-order valence-corrected chi connectivity index (χ3v) is 6.08. The van der Waals surface area contributed by atoms with Crippen molar-refractivity contribution in [2.75, 3.05) is 51.9 Å². The zero-order valence-corrected chi connectivity index (χ0v) is 20.3. The predicted molar refractivity (Wildman–Crippen MR) is 131 cm³/mol. The fourth-order valence-corrected chi connectivity index (χ4v) is 3.99. The van der Waals surface area contributed by atoms with Crippen molar-refractivity contribution in [1.29, 1.82) is 0 Å². The second-order valence-corrected chi connectivity index (χ2v) is 8.42. The molecule has 10 heteroatoms. The van der Waals surface area contributed by atoms with Crippen LogP contribution in [0.2, 0.25) is 10.0 Å². The molecule has 0 bridgehead atoms. The Balaban J connectivity index is 1.34. The molecule has 2 heterocycles. The van der Waals surface area contributed by atoms with Gasteiger partial charge in [0.25, 0.3) is 5.91 Å². The van der Waals surface area contributed by atoms with E-state index in [1.165, 1.54) is 0 Å². The number of benzene rings is 2. The van der Waals surface area contributed by atoms with Gasteiger partial charge in [-0.2, -0.15) is 0 Å². The van der Waals surface area contributed by atoms with Gasteiger partial charge in [-0.15, -0.1) is 10.2 Å². The van der Waals surface area contributed by atoms with E-state index in [4.69, 9.17) is 37.4 Å². The van der Waals surface area contributed by atoms with E-state index in [9.17, 15) is 4.79 Å². The van der Waals surface area contributed by atoms with Crippen LogP contribution in [0.15, 0.2) is 48.5 Å². The molecule has 0 unspecified atom stereocenters. The summed E-state index contributed by atoms with van der Waals surface area (Å²) in [5.74, 6) is 2.44. The summed E-state index contributed by atoms with van der Waals surface area (Å²) in [6.07, 6.45) is 0. The van der Waals surface area contributed by atoms with E-state index >= 15 is 0 Å². The van der Waals surface area contributed by atoms with Gasteiger partial charge in [0.05, 0.1) is 24.9 Å². The minimum atomic E-state index is -0.109. The van der Waals surface area contributed by atoms with Crippen LogP contribution in [0, 0.1) is 0 Å². The van der Waals surface area contributed by atoms with Crippen LogP contribution in [-0.2, 0) is 4.79 Å². The van der Waals surface area contributed by atoms with Crippen LogP contribution < -0.4 is 19.1 Å². The molecule has 3 aromatic rings. The quantitative estimate of drug-likeness (QED) is 0.479. The molecule has 1 aromatic heterocycles. The topological polar surface area (TPSA) is 77.0 Å². The average molecular weight is 503 g/mol. The van der Waals surface area contributed by atoms with Gasteiger partial charge in [-0.05, 0) is 42.5 Å². The van der Waals surface area contributed by atoms with Gasteiger partial charge >= 0.3 is 0 Å². The molecular formula is C24H24Cl2N4O4. The van der Waals surface area contributed by atoms with Crippen LogP contribution >= 0.6 is 23.2 Å². The van der Waals surface area contributed by atoms with Crippen LogP contribution in [0.1, 0.15) is 0 Å². The summed E-state index contributed by atoms with van der Waals surface area (Å²) in [5, 5.41) is 9.70. The van der Waals surface area contributed by atoms with Crippen molar-refractivity contribution in [2.45, 2.75) is 0 Å². The van der Waals surface area contributed by atoms with Crippen molar-refractivity contribution in [2.24, 2.45) is 0 Å². The Labute approximate surface area is 207 Å². The maximum atomic E-state index is 12.6. The molecule has 1 aliphatic heterocycles. The summed E-state index contributed by atoms with van der Waals surface area (Å²) in [6.45, 7) is 2.29. The highest BCUT2D eigenvalue weighted by Gasteiger charge is 2.23. The number of rotatable bonds is 7. The van der Waals surface area contributed by atoms with Crippen molar-refractivity contribution < 1.29 is 19.0 Å². The first-order valence-corrected chi connectivity index (χ1v) is 11.4. The Morgan fingerprint density at radius 1 is 0.912 bits per heavy atom. The number of amides is 1. The molecule has 0 saturated carbocycles. The minimum absolute atomic E-state index is 0.100. The summed E-state index contributed by atoms with van der Waals surface area (Å²) in [5.41, 5.74) is 1.49. The van der Waals surface area contributed by atoms with Crippen molar-refractivity contribution >= 4 is 34.9 Å². The summed E-state index contributed by atoms with van der Waals surface area (Å²) >= 11 is 12.1. The molecule has 1 amide bonds. The highest BCUT2D eigenvalue weighted by Crippen LogP contribution is 2.32. The summed E-state index contributed by atoms with van der Waals surface area (Å²) in [7, 11) is 3.23. The number of nitrogens with zero attached hydrogens (tertiary/aromatic N) is 4. The number of carbonyl (C=O) groups excluding carboxylic acids is 1. The molecule has 1 saturated heterocycles. The number of aromatic nitrogens is 2. The van der Waals surface area contributed by atoms with Crippen LogP contribution in [0.25, 0.3) is 11.3 Å². The second-order valence-electron chi connectivity index (χ2n) is 7.57. The van der Waals surface area contributed by atoms with E-state index in [0.29, 0.717) is 59.2 Å². The van der Waals surface area contributed by atoms with E-state index in [1.54, 1.807) is 37.3 Å². The maximum absolute atomic E-state index is 12.6. The SMILES string of the molecule is COc1ccc(OC)c(-c2ccc(N3CCN(C(=O)COc4cc(Cl)ccc4Cl)CC3)nn2)c1. The van der Waals surface area contributed by atoms with Gasteiger partial charge in [-0.3, -0.25) is 4.79 Å². The van der Waals surface area contributed by atoms with E-state index < -0.39 is 0 Å². The van der Waals surface area contributed by atoms with E-state index in [-0.39, 0.29) is 12.5 Å². The molecule has 0 N–H and O–H groups in total. The van der Waals surface area contributed by atoms with Gasteiger partial charge in [-0.1, -0.05) is 23.2 Å². The number of halogens is 2. The van der Waals surface area contributed by atoms with E-state index in [1.807, 2.05) is 30.3 Å². The zero-order chi connectivity index (χ0) is 24.1. The predicted octanol–water partition coefficient (Wildman–Crippen LogP) is 4.20. The van der Waals surface area contributed by atoms with Gasteiger partial charge in [-0.25, -0.2) is 0 Å². The molecule has 34 heavy (non-hydrogen) atoms. The third-order valence-electron chi connectivity index (χ3n) is 5.53. The lowest BCUT2D eigenvalue weighted by molar-refractivity contribution is -0.133. The van der Waals surface area contributed by atoms with Crippen molar-refractivity contribution in [1.82, 2.24) is 15.1 Å². The number of piperazine rings is 1. The van der Waals surface area contributed by atoms with E-state index in [2.05, 4.69) is 15.1 Å². The number of anilines is 1. The van der Waals surface area contributed by atoms with Crippen LogP contribution in [0.5, 0.6) is 17.2 Å². The first-order valence-electron chi connectivity index (χ1n) is 10.6. The molecule has 8 nitrogen and oxygen atoms in total. The normalized spacial score (nSPS) is 13.5. The molecule has 2 aromatic carbocycles. The summed E-state index contributed by atoms with van der Waals surface area (Å²) < 4.78 is 16.3. The number of methoxy groups -OCH3 is 2. The maximum Gasteiger partial charge on any atom is 0.260 e. The van der Waals surface area contributed by atoms with Crippen LogP contribution in [0.4, 0.5) is 5.82 Å². The van der Waals surface area contributed by atoms with Gasteiger partial charge in [0.2, 0.25) is 0 Å². The molecule has 1 aliphatic rings. The smallest absolute Gasteiger partial charge is 0.260 e. The lowest BCUT2D eigenvalue weighted by atomic mass is 10.1. The van der Waals surface area contributed by atoms with Gasteiger partial charge in [0.1, 0.15) is 17.2 Å². The Morgan fingerprint density at radius 3 is 2.38 bits per heavy atom. The monoisotopic (exact) mass is 502 g/mol. The number of hydrogen-bond acceptors (Lipinski definition) is 7. The highest BCUT2D eigenvalue weighted by molar-refractivity contribution is 6.34. The molecule has 1 fully saturated rings. The zero-order valence-electron chi connectivity index (χ0n) is 18.8. The molecular weight excluding hydrogens is 479 g/mol. The fraction of sp³-hybridized carbons (Fsp3) is 0.292. The molecule has 0 aliphatic carbocycles. The largest absolute Gasteiger partial charge is 0.497 e. The second kappa shape index (κ2) is 10.8. The van der Waals surface area contributed by atoms with Crippen molar-refractivity contribution in [3.8, 4) is 28.5 Å². The first kappa shape index (κ1) is 23.9. The minimum Gasteiger partial charge on any atom is -0.497 e. The summed E-state index contributed by atoms with van der Waals surface area (Å²) in [4.78, 5) is 16.4. The molecule has 0 spiro atoms. The first-order chi connectivity index (χ1) is 16.5. The highest BCUT2D eigenvalue weighted by atomic mass is 35.5. The lowest BCUT2D eigenvalue weighted by Gasteiger charge is -2.35. The third kappa shape index (κ3) is 5.46.